The van der Waals surface area contributed by atoms with Gasteiger partial charge in [0.15, 0.2) is 0 Å². The Labute approximate surface area is 126 Å². The van der Waals surface area contributed by atoms with E-state index >= 15 is 0 Å². The van der Waals surface area contributed by atoms with Gasteiger partial charge >= 0.3 is 6.03 Å². The summed E-state index contributed by atoms with van der Waals surface area (Å²) in [5.41, 5.74) is 1.11. The fourth-order valence-electron chi connectivity index (χ4n) is 2.98. The molecule has 6 nitrogen and oxygen atoms in total. The lowest BCUT2D eigenvalue weighted by molar-refractivity contribution is 0.226. The number of rotatable bonds is 5. The molecule has 1 heterocycles. The highest BCUT2D eigenvalue weighted by Gasteiger charge is 2.25. The molecule has 1 aliphatic rings. The third kappa shape index (κ3) is 4.20. The van der Waals surface area contributed by atoms with Crippen molar-refractivity contribution in [2.45, 2.75) is 38.3 Å². The fourth-order valence-corrected chi connectivity index (χ4v) is 2.98. The Morgan fingerprint density at radius 3 is 2.81 bits per heavy atom. The lowest BCUT2D eigenvalue weighted by Crippen LogP contribution is -2.45. The van der Waals surface area contributed by atoms with Gasteiger partial charge in [-0.05, 0) is 32.9 Å². The van der Waals surface area contributed by atoms with Crippen LogP contribution in [0.5, 0.6) is 0 Å². The first-order valence-electron chi connectivity index (χ1n) is 7.66. The van der Waals surface area contributed by atoms with Crippen LogP contribution in [0.4, 0.5) is 4.79 Å². The monoisotopic (exact) mass is 293 g/mol. The highest BCUT2D eigenvalue weighted by Crippen LogP contribution is 2.24. The zero-order chi connectivity index (χ0) is 15.4. The number of urea groups is 1. The van der Waals surface area contributed by atoms with Crippen molar-refractivity contribution < 1.29 is 4.79 Å². The quantitative estimate of drug-likeness (QED) is 0.865. The molecule has 1 aromatic heterocycles. The topological polar surface area (TPSA) is 62.2 Å². The zero-order valence-corrected chi connectivity index (χ0v) is 13.5. The van der Waals surface area contributed by atoms with E-state index in [4.69, 9.17) is 0 Å². The molecular weight excluding hydrogens is 266 g/mol. The molecule has 21 heavy (non-hydrogen) atoms. The number of hydrogen-bond acceptors (Lipinski definition) is 3. The molecule has 0 saturated heterocycles. The fraction of sp³-hybridized carbons (Fsp3) is 0.733. The maximum Gasteiger partial charge on any atom is 0.315 e. The van der Waals surface area contributed by atoms with E-state index < -0.39 is 0 Å². The van der Waals surface area contributed by atoms with Gasteiger partial charge in [-0.15, -0.1) is 0 Å². The Bertz CT molecular complexity index is 470. The predicted octanol–water partition coefficient (Wildman–Crippen LogP) is 1.51. The summed E-state index contributed by atoms with van der Waals surface area (Å²) < 4.78 is 1.78. The van der Waals surface area contributed by atoms with E-state index in [9.17, 15) is 4.79 Å². The Morgan fingerprint density at radius 1 is 1.52 bits per heavy atom. The number of carbonyl (C=O) groups excluding carboxylic acids is 1. The SMILES string of the molecule is C[C@@H]1CCC[C@@H]1NC(=O)NC[C@@H](c1cnn(C)c1)N(C)C. The largest absolute Gasteiger partial charge is 0.336 e. The van der Waals surface area contributed by atoms with E-state index in [-0.39, 0.29) is 12.1 Å². The van der Waals surface area contributed by atoms with Crippen LogP contribution in [0.25, 0.3) is 0 Å². The number of amides is 2. The molecule has 2 rings (SSSR count). The average molecular weight is 293 g/mol. The first-order chi connectivity index (χ1) is 9.97. The molecule has 0 aliphatic heterocycles. The van der Waals surface area contributed by atoms with Crippen molar-refractivity contribution in [3.8, 4) is 0 Å². The van der Waals surface area contributed by atoms with Crippen molar-refractivity contribution >= 4 is 6.03 Å². The molecule has 0 radical (unpaired) electrons. The van der Waals surface area contributed by atoms with Gasteiger partial charge in [0.1, 0.15) is 0 Å². The first kappa shape index (κ1) is 15.8. The van der Waals surface area contributed by atoms with Crippen molar-refractivity contribution in [3.63, 3.8) is 0 Å². The summed E-state index contributed by atoms with van der Waals surface area (Å²) in [6.45, 7) is 2.78. The second-order valence-corrected chi connectivity index (χ2v) is 6.30. The minimum Gasteiger partial charge on any atom is -0.336 e. The number of nitrogens with one attached hydrogen (secondary N) is 2. The third-order valence-corrected chi connectivity index (χ3v) is 4.37. The number of hydrogen-bond donors (Lipinski definition) is 2. The molecule has 0 unspecified atom stereocenters. The zero-order valence-electron chi connectivity index (χ0n) is 13.5. The number of aromatic nitrogens is 2. The summed E-state index contributed by atoms with van der Waals surface area (Å²) in [6, 6.07) is 0.385. The summed E-state index contributed by atoms with van der Waals surface area (Å²) in [5.74, 6) is 0.582. The Balaban J connectivity index is 1.85. The molecule has 6 heteroatoms. The summed E-state index contributed by atoms with van der Waals surface area (Å²) in [5, 5.41) is 10.3. The summed E-state index contributed by atoms with van der Waals surface area (Å²) in [6.07, 6.45) is 7.35. The van der Waals surface area contributed by atoms with E-state index in [0.29, 0.717) is 18.5 Å². The van der Waals surface area contributed by atoms with Crippen LogP contribution in [0.15, 0.2) is 12.4 Å². The van der Waals surface area contributed by atoms with E-state index in [1.54, 1.807) is 4.68 Å². The lowest BCUT2D eigenvalue weighted by atomic mass is 10.1. The van der Waals surface area contributed by atoms with Crippen molar-refractivity contribution in [1.82, 2.24) is 25.3 Å². The predicted molar refractivity (Wildman–Crippen MR) is 83.0 cm³/mol. The van der Waals surface area contributed by atoms with Crippen LogP contribution in [-0.2, 0) is 7.05 Å². The first-order valence-corrected chi connectivity index (χ1v) is 7.66. The molecule has 2 amide bonds. The van der Waals surface area contributed by atoms with Gasteiger partial charge < -0.3 is 15.5 Å². The van der Waals surface area contributed by atoms with Gasteiger partial charge in [-0.25, -0.2) is 4.79 Å². The molecule has 0 aromatic carbocycles. The van der Waals surface area contributed by atoms with Gasteiger partial charge in [0.2, 0.25) is 0 Å². The molecule has 118 valence electrons. The third-order valence-electron chi connectivity index (χ3n) is 4.37. The second kappa shape index (κ2) is 6.93. The molecule has 1 fully saturated rings. The molecule has 3 atom stereocenters. The van der Waals surface area contributed by atoms with E-state index in [0.717, 1.165) is 12.0 Å². The smallest absolute Gasteiger partial charge is 0.315 e. The number of aryl methyl sites for hydroxylation is 1. The Morgan fingerprint density at radius 2 is 2.29 bits per heavy atom. The minimum atomic E-state index is -0.0653. The Kier molecular flexibility index (Phi) is 5.22. The minimum absolute atomic E-state index is 0.0653. The summed E-state index contributed by atoms with van der Waals surface area (Å²) in [4.78, 5) is 14.1. The standard InChI is InChI=1S/C15H27N5O/c1-11-6-5-7-13(11)18-15(21)16-9-14(19(2)3)12-8-17-20(4)10-12/h8,10-11,13-14H,5-7,9H2,1-4H3,(H2,16,18,21)/t11-,13+,14+/m1/s1. The Hall–Kier alpha value is -1.56. The van der Waals surface area contributed by atoms with Gasteiger partial charge in [0, 0.05) is 31.4 Å². The van der Waals surface area contributed by atoms with Gasteiger partial charge in [-0.1, -0.05) is 13.3 Å². The number of carbonyl (C=O) groups is 1. The summed E-state index contributed by atoms with van der Waals surface area (Å²) >= 11 is 0. The van der Waals surface area contributed by atoms with Gasteiger partial charge in [0.05, 0.1) is 12.2 Å². The van der Waals surface area contributed by atoms with Crippen LogP contribution in [0.1, 0.15) is 37.8 Å². The van der Waals surface area contributed by atoms with Crippen LogP contribution in [-0.4, -0.2) is 47.4 Å². The van der Waals surface area contributed by atoms with Crippen molar-refractivity contribution in [1.29, 1.82) is 0 Å². The van der Waals surface area contributed by atoms with E-state index in [2.05, 4.69) is 27.6 Å². The maximum absolute atomic E-state index is 12.0. The lowest BCUT2D eigenvalue weighted by Gasteiger charge is -2.24. The summed E-state index contributed by atoms with van der Waals surface area (Å²) in [7, 11) is 5.92. The molecule has 0 bridgehead atoms. The van der Waals surface area contributed by atoms with Crippen LogP contribution in [0.3, 0.4) is 0 Å². The number of likely N-dealkylation sites (N-methyl/N-ethyl adjacent to an activating group) is 1. The normalized spacial score (nSPS) is 23.3. The van der Waals surface area contributed by atoms with Crippen LogP contribution in [0.2, 0.25) is 0 Å². The molecule has 2 N–H and O–H groups in total. The van der Waals surface area contributed by atoms with Gasteiger partial charge in [-0.2, -0.15) is 5.10 Å². The van der Waals surface area contributed by atoms with Crippen molar-refractivity contribution in [2.24, 2.45) is 13.0 Å². The van der Waals surface area contributed by atoms with Crippen molar-refractivity contribution in [2.75, 3.05) is 20.6 Å². The maximum atomic E-state index is 12.0. The average Bonchev–Trinajstić information content (AvgIpc) is 2.99. The van der Waals surface area contributed by atoms with Crippen LogP contribution < -0.4 is 10.6 Å². The number of nitrogens with zero attached hydrogens (tertiary/aromatic N) is 3. The molecule has 1 aliphatic carbocycles. The molecule has 1 aromatic rings. The van der Waals surface area contributed by atoms with Gasteiger partial charge in [-0.3, -0.25) is 4.68 Å². The highest BCUT2D eigenvalue weighted by atomic mass is 16.2. The van der Waals surface area contributed by atoms with Crippen LogP contribution in [0, 0.1) is 5.92 Å². The van der Waals surface area contributed by atoms with E-state index in [1.807, 2.05) is 33.5 Å². The van der Waals surface area contributed by atoms with Crippen LogP contribution >= 0.6 is 0 Å². The molecular formula is C15H27N5O. The highest BCUT2D eigenvalue weighted by molar-refractivity contribution is 5.74. The second-order valence-electron chi connectivity index (χ2n) is 6.30. The molecule has 1 saturated carbocycles. The molecule has 0 spiro atoms. The van der Waals surface area contributed by atoms with Gasteiger partial charge in [0.25, 0.3) is 0 Å². The van der Waals surface area contributed by atoms with Crippen molar-refractivity contribution in [3.05, 3.63) is 18.0 Å². The van der Waals surface area contributed by atoms with E-state index in [1.165, 1.54) is 12.8 Å².